The van der Waals surface area contributed by atoms with E-state index in [4.69, 9.17) is 66.0 Å². The summed E-state index contributed by atoms with van der Waals surface area (Å²) in [6.07, 6.45) is 0. The molecular formula is C11H11B5ClNO2. The molecule has 1 atom stereocenters. The van der Waals surface area contributed by atoms with Crippen molar-refractivity contribution in [3.05, 3.63) is 10.6 Å². The monoisotopic (exact) mass is 279 g/mol. The smallest absolute Gasteiger partial charge is 0.130 e. The van der Waals surface area contributed by atoms with Gasteiger partial charge in [0, 0.05) is 0 Å². The van der Waals surface area contributed by atoms with Gasteiger partial charge in [0.25, 0.3) is 0 Å². The van der Waals surface area contributed by atoms with Gasteiger partial charge >= 0.3 is 0 Å². The molecule has 0 spiro atoms. The Morgan fingerprint density at radius 3 is 1.80 bits per heavy atom. The van der Waals surface area contributed by atoms with E-state index < -0.39 is 10.7 Å². The predicted molar refractivity (Wildman–Crippen MR) is 86.9 cm³/mol. The SMILES string of the molecule is [B]c1c(Cl)c(OC)c([B])c(C([B])([B])C([B])(C)N)c1OC. The number of rotatable bonds is 4. The number of hydrogen-bond donors (Lipinski definition) is 1. The van der Waals surface area contributed by atoms with Crippen LogP contribution >= 0.6 is 11.6 Å². The molecule has 3 nitrogen and oxygen atoms in total. The molecule has 0 aliphatic heterocycles. The van der Waals surface area contributed by atoms with Gasteiger partial charge in [-0.15, -0.1) is 0 Å². The molecule has 1 aromatic carbocycles. The zero-order chi connectivity index (χ0) is 15.9. The number of hydrogen-bond acceptors (Lipinski definition) is 3. The molecule has 0 saturated carbocycles. The normalized spacial score (nSPS) is 14.7. The van der Waals surface area contributed by atoms with Gasteiger partial charge in [0.2, 0.25) is 0 Å². The first-order valence-corrected chi connectivity index (χ1v) is 6.02. The van der Waals surface area contributed by atoms with Crippen LogP contribution in [0.5, 0.6) is 11.5 Å². The Hall–Kier alpha value is -0.605. The molecule has 1 rings (SSSR count). The first-order chi connectivity index (χ1) is 9.00. The van der Waals surface area contributed by atoms with Crippen LogP contribution in [0.25, 0.3) is 0 Å². The summed E-state index contributed by atoms with van der Waals surface area (Å²) in [5, 5.41) is -1.63. The highest BCUT2D eigenvalue weighted by molar-refractivity contribution is 6.53. The molecule has 0 bridgehead atoms. The summed E-state index contributed by atoms with van der Waals surface area (Å²) in [4.78, 5) is 0. The van der Waals surface area contributed by atoms with E-state index in [1.165, 1.54) is 21.1 Å². The fourth-order valence-corrected chi connectivity index (χ4v) is 2.07. The zero-order valence-electron chi connectivity index (χ0n) is 11.7. The van der Waals surface area contributed by atoms with E-state index in [0.29, 0.717) is 0 Å². The van der Waals surface area contributed by atoms with Gasteiger partial charge in [-0.2, -0.15) is 0 Å². The Labute approximate surface area is 131 Å². The lowest BCUT2D eigenvalue weighted by Gasteiger charge is -2.43. The lowest BCUT2D eigenvalue weighted by Crippen LogP contribution is -2.60. The van der Waals surface area contributed by atoms with Crippen LogP contribution < -0.4 is 26.1 Å². The summed E-state index contributed by atoms with van der Waals surface area (Å²) in [6, 6.07) is 0. The van der Waals surface area contributed by atoms with Gasteiger partial charge in [0.15, 0.2) is 0 Å². The lowest BCUT2D eigenvalue weighted by molar-refractivity contribution is 0.399. The van der Waals surface area contributed by atoms with Crippen molar-refractivity contribution in [2.75, 3.05) is 14.2 Å². The maximum Gasteiger partial charge on any atom is 0.130 e. The third kappa shape index (κ3) is 2.60. The average Bonchev–Trinajstić information content (AvgIpc) is 2.32. The van der Waals surface area contributed by atoms with Crippen molar-refractivity contribution in [2.24, 2.45) is 5.73 Å². The maximum atomic E-state index is 6.06. The molecule has 0 aliphatic carbocycles. The Morgan fingerprint density at radius 1 is 1.00 bits per heavy atom. The van der Waals surface area contributed by atoms with E-state index in [0.717, 1.165) is 0 Å². The maximum absolute atomic E-state index is 6.06. The molecule has 0 heterocycles. The minimum absolute atomic E-state index is 0.0654. The van der Waals surface area contributed by atoms with Crippen LogP contribution in [0.4, 0.5) is 0 Å². The van der Waals surface area contributed by atoms with Crippen LogP contribution in [-0.4, -0.2) is 58.9 Å². The van der Waals surface area contributed by atoms with E-state index in [2.05, 4.69) is 0 Å². The van der Waals surface area contributed by atoms with Gasteiger partial charge < -0.3 is 15.2 Å². The molecule has 0 aromatic heterocycles. The molecule has 2 N–H and O–H groups in total. The molecule has 10 radical (unpaired) electrons. The molecule has 9 heteroatoms. The van der Waals surface area contributed by atoms with Gasteiger partial charge in [-0.1, -0.05) is 23.7 Å². The van der Waals surface area contributed by atoms with E-state index in [-0.39, 0.29) is 33.0 Å². The van der Waals surface area contributed by atoms with Gasteiger partial charge in [-0.25, -0.2) is 0 Å². The Balaban J connectivity index is 3.83. The summed E-state index contributed by atoms with van der Waals surface area (Å²) in [5.41, 5.74) is 4.60. The van der Waals surface area contributed by atoms with Crippen LogP contribution in [0.3, 0.4) is 0 Å². The van der Waals surface area contributed by atoms with Gasteiger partial charge in [-0.3, -0.25) is 0 Å². The summed E-state index contributed by atoms with van der Waals surface area (Å²) in [7, 11) is 32.6. The Bertz CT molecular complexity index is 531. The van der Waals surface area contributed by atoms with Crippen LogP contribution in [0.2, 0.25) is 5.02 Å². The van der Waals surface area contributed by atoms with Crippen molar-refractivity contribution in [3.8, 4) is 11.5 Å². The highest BCUT2D eigenvalue weighted by Crippen LogP contribution is 2.35. The van der Waals surface area contributed by atoms with Crippen molar-refractivity contribution >= 4 is 61.8 Å². The molecule has 0 saturated heterocycles. The zero-order valence-corrected chi connectivity index (χ0v) is 12.4. The number of halogens is 1. The second-order valence-corrected chi connectivity index (χ2v) is 5.11. The summed E-state index contributed by atoms with van der Waals surface area (Å²) in [6.45, 7) is 1.45. The van der Waals surface area contributed by atoms with Crippen LogP contribution in [-0.2, 0) is 5.21 Å². The summed E-state index contributed by atoms with van der Waals surface area (Å²) in [5.74, 6) is 0.241. The third-order valence-electron chi connectivity index (χ3n) is 3.13. The molecule has 1 aromatic rings. The highest BCUT2D eigenvalue weighted by Gasteiger charge is 2.38. The van der Waals surface area contributed by atoms with Crippen molar-refractivity contribution in [1.29, 1.82) is 0 Å². The molecule has 94 valence electrons. The van der Waals surface area contributed by atoms with Gasteiger partial charge in [-0.05, 0) is 21.9 Å². The van der Waals surface area contributed by atoms with E-state index in [1.807, 2.05) is 0 Å². The molecule has 20 heavy (non-hydrogen) atoms. The minimum Gasteiger partial charge on any atom is -0.497 e. The largest absolute Gasteiger partial charge is 0.497 e. The second kappa shape index (κ2) is 5.65. The molecular weight excluding hydrogens is 268 g/mol. The van der Waals surface area contributed by atoms with Crippen molar-refractivity contribution in [3.63, 3.8) is 0 Å². The predicted octanol–water partition coefficient (Wildman–Crippen LogP) is -1.72. The van der Waals surface area contributed by atoms with Crippen molar-refractivity contribution in [1.82, 2.24) is 0 Å². The quantitative estimate of drug-likeness (QED) is 0.667. The Kier molecular flexibility index (Phi) is 4.93. The molecule has 0 aliphatic rings. The fourth-order valence-electron chi connectivity index (χ4n) is 1.80. The Morgan fingerprint density at radius 2 is 1.45 bits per heavy atom. The molecule has 0 amide bonds. The lowest BCUT2D eigenvalue weighted by atomic mass is 9.37. The van der Waals surface area contributed by atoms with Gasteiger partial charge in [0.05, 0.1) is 42.8 Å². The van der Waals surface area contributed by atoms with Crippen LogP contribution in [0.1, 0.15) is 12.5 Å². The number of ether oxygens (including phenoxy) is 2. The highest BCUT2D eigenvalue weighted by atomic mass is 35.5. The van der Waals surface area contributed by atoms with E-state index in [1.54, 1.807) is 0 Å². The average molecular weight is 279 g/mol. The van der Waals surface area contributed by atoms with E-state index in [9.17, 15) is 0 Å². The topological polar surface area (TPSA) is 44.5 Å². The van der Waals surface area contributed by atoms with Crippen molar-refractivity contribution < 1.29 is 9.47 Å². The first kappa shape index (κ1) is 17.4. The van der Waals surface area contributed by atoms with Crippen LogP contribution in [0, 0.1) is 0 Å². The van der Waals surface area contributed by atoms with E-state index >= 15 is 0 Å². The summed E-state index contributed by atoms with van der Waals surface area (Å²) >= 11 is 6.06. The second-order valence-electron chi connectivity index (χ2n) is 4.73. The van der Waals surface area contributed by atoms with Crippen molar-refractivity contribution in [2.45, 2.75) is 17.6 Å². The first-order valence-electron chi connectivity index (χ1n) is 5.65. The molecule has 0 fully saturated rings. The third-order valence-corrected chi connectivity index (χ3v) is 3.51. The van der Waals surface area contributed by atoms with Gasteiger partial charge in [0.1, 0.15) is 27.2 Å². The number of nitrogens with two attached hydrogens (primary N) is 1. The fraction of sp³-hybridized carbons (Fsp3) is 0.455. The number of methoxy groups -OCH3 is 2. The minimum atomic E-state index is -1.73. The van der Waals surface area contributed by atoms with Crippen LogP contribution in [0.15, 0.2) is 0 Å². The standard InChI is InChI=1S/C11H11B5ClNO2/c1-10(14,18)11(15,16)4-5(12)9(20-3)7(17)6(13)8(4)19-2/h18H2,1-3H3. The number of benzene rings is 1. The summed E-state index contributed by atoms with van der Waals surface area (Å²) < 4.78 is 10.3. The molecule has 1 unspecified atom stereocenters.